The van der Waals surface area contributed by atoms with Crippen LogP contribution >= 0.6 is 0 Å². The van der Waals surface area contributed by atoms with Crippen LogP contribution in [0.1, 0.15) is 44.6 Å². The molecule has 0 spiro atoms. The lowest BCUT2D eigenvalue weighted by atomic mass is 9.82. The summed E-state index contributed by atoms with van der Waals surface area (Å²) in [5.74, 6) is 3.67. The number of likely N-dealkylation sites (tertiary alicyclic amines) is 2. The van der Waals surface area contributed by atoms with Gasteiger partial charge in [-0.15, -0.1) is 0 Å². The molecule has 1 aromatic carbocycles. The summed E-state index contributed by atoms with van der Waals surface area (Å²) in [5, 5.41) is 3.72. The van der Waals surface area contributed by atoms with Crippen LogP contribution in [-0.4, -0.2) is 55.0 Å². The molecule has 4 unspecified atom stereocenters. The van der Waals surface area contributed by atoms with E-state index in [0.717, 1.165) is 30.9 Å². The molecule has 2 heterocycles. The number of nitrogens with zero attached hydrogens (tertiary/aromatic N) is 3. The summed E-state index contributed by atoms with van der Waals surface area (Å²) in [5.41, 5.74) is 1.42. The third-order valence-corrected chi connectivity index (χ3v) is 7.06. The Morgan fingerprint density at radius 1 is 1.07 bits per heavy atom. The minimum atomic E-state index is 0.661. The van der Waals surface area contributed by atoms with Crippen molar-refractivity contribution in [2.45, 2.75) is 51.6 Å². The molecule has 1 aliphatic carbocycles. The third kappa shape index (κ3) is 4.48. The predicted molar refractivity (Wildman–Crippen MR) is 113 cm³/mol. The van der Waals surface area contributed by atoms with Gasteiger partial charge in [0.25, 0.3) is 0 Å². The molecule has 4 heteroatoms. The van der Waals surface area contributed by atoms with Crippen LogP contribution in [0.25, 0.3) is 0 Å². The van der Waals surface area contributed by atoms with Crippen LogP contribution in [-0.2, 0) is 6.54 Å². The topological polar surface area (TPSA) is 30.9 Å². The van der Waals surface area contributed by atoms with Crippen molar-refractivity contribution >= 4 is 5.96 Å². The van der Waals surface area contributed by atoms with Crippen LogP contribution in [0.3, 0.4) is 0 Å². The van der Waals surface area contributed by atoms with Crippen LogP contribution in [0.15, 0.2) is 35.3 Å². The molecule has 3 fully saturated rings. The molecule has 0 radical (unpaired) electrons. The number of fused-ring (bicyclic) bond motifs is 1. The number of rotatable bonds is 4. The Kier molecular flexibility index (Phi) is 6.01. The zero-order valence-electron chi connectivity index (χ0n) is 17.1. The van der Waals surface area contributed by atoms with Gasteiger partial charge in [0.1, 0.15) is 0 Å². The molecule has 148 valence electrons. The molecule has 27 heavy (non-hydrogen) atoms. The van der Waals surface area contributed by atoms with Crippen molar-refractivity contribution in [3.05, 3.63) is 35.9 Å². The zero-order valence-corrected chi connectivity index (χ0v) is 17.1. The molecule has 2 saturated heterocycles. The number of hydrogen-bond donors (Lipinski definition) is 1. The Bertz CT molecular complexity index is 615. The van der Waals surface area contributed by atoms with E-state index >= 15 is 0 Å². The van der Waals surface area contributed by atoms with Crippen molar-refractivity contribution in [2.24, 2.45) is 22.7 Å². The van der Waals surface area contributed by atoms with Gasteiger partial charge in [0.2, 0.25) is 0 Å². The van der Waals surface area contributed by atoms with Crippen LogP contribution in [0.5, 0.6) is 0 Å². The van der Waals surface area contributed by atoms with E-state index in [-0.39, 0.29) is 0 Å². The first-order valence-corrected chi connectivity index (χ1v) is 11.0. The first kappa shape index (κ1) is 18.8. The molecule has 4 atom stereocenters. The fraction of sp³-hybridized carbons (Fsp3) is 0.696. The highest BCUT2D eigenvalue weighted by Gasteiger charge is 2.36. The highest BCUT2D eigenvalue weighted by Crippen LogP contribution is 2.36. The molecule has 4 rings (SSSR count). The van der Waals surface area contributed by atoms with Gasteiger partial charge in [-0.1, -0.05) is 43.2 Å². The molecule has 2 aliphatic heterocycles. The number of hydrogen-bond acceptors (Lipinski definition) is 2. The van der Waals surface area contributed by atoms with Gasteiger partial charge >= 0.3 is 0 Å². The Labute approximate surface area is 165 Å². The molecule has 1 aromatic rings. The van der Waals surface area contributed by atoms with Gasteiger partial charge in [0.15, 0.2) is 5.96 Å². The summed E-state index contributed by atoms with van der Waals surface area (Å²) in [4.78, 5) is 9.77. The van der Waals surface area contributed by atoms with Crippen molar-refractivity contribution < 1.29 is 0 Å². The Balaban J connectivity index is 1.27. The minimum absolute atomic E-state index is 0.661. The lowest BCUT2D eigenvalue weighted by Crippen LogP contribution is -2.42. The normalized spacial score (nSPS) is 31.9. The fourth-order valence-electron chi connectivity index (χ4n) is 5.55. The predicted octanol–water partition coefficient (Wildman–Crippen LogP) is 3.59. The van der Waals surface area contributed by atoms with E-state index in [1.807, 2.05) is 7.05 Å². The highest BCUT2D eigenvalue weighted by atomic mass is 15.3. The molecule has 1 saturated carbocycles. The number of guanidine groups is 1. The average molecular weight is 369 g/mol. The van der Waals surface area contributed by atoms with Crippen molar-refractivity contribution in [1.82, 2.24) is 15.1 Å². The SMILES string of the molecule is CN=C(NCC1CC(C)N(Cc2ccccc2)C1)N1CC2CCCCC2C1. The summed E-state index contributed by atoms with van der Waals surface area (Å²) in [7, 11) is 1.95. The third-order valence-electron chi connectivity index (χ3n) is 7.06. The quantitative estimate of drug-likeness (QED) is 0.651. The van der Waals surface area contributed by atoms with E-state index in [0.29, 0.717) is 12.0 Å². The van der Waals surface area contributed by atoms with E-state index in [9.17, 15) is 0 Å². The maximum Gasteiger partial charge on any atom is 0.193 e. The monoisotopic (exact) mass is 368 g/mol. The van der Waals surface area contributed by atoms with E-state index < -0.39 is 0 Å². The van der Waals surface area contributed by atoms with E-state index in [1.54, 1.807) is 0 Å². The number of nitrogens with one attached hydrogen (secondary N) is 1. The molecule has 0 bridgehead atoms. The van der Waals surface area contributed by atoms with Crippen LogP contribution < -0.4 is 5.32 Å². The fourth-order valence-corrected chi connectivity index (χ4v) is 5.55. The van der Waals surface area contributed by atoms with Gasteiger partial charge in [0, 0.05) is 45.8 Å². The maximum atomic E-state index is 4.61. The molecule has 1 N–H and O–H groups in total. The molecular weight excluding hydrogens is 332 g/mol. The minimum Gasteiger partial charge on any atom is -0.356 e. The van der Waals surface area contributed by atoms with Gasteiger partial charge in [-0.3, -0.25) is 9.89 Å². The summed E-state index contributed by atoms with van der Waals surface area (Å²) >= 11 is 0. The smallest absolute Gasteiger partial charge is 0.193 e. The van der Waals surface area contributed by atoms with Crippen molar-refractivity contribution in [3.63, 3.8) is 0 Å². The molecule has 3 aliphatic rings. The highest BCUT2D eigenvalue weighted by molar-refractivity contribution is 5.80. The summed E-state index contributed by atoms with van der Waals surface area (Å²) in [6.07, 6.45) is 6.98. The zero-order chi connectivity index (χ0) is 18.6. The largest absolute Gasteiger partial charge is 0.356 e. The Morgan fingerprint density at radius 3 is 2.44 bits per heavy atom. The Morgan fingerprint density at radius 2 is 1.78 bits per heavy atom. The van der Waals surface area contributed by atoms with Crippen LogP contribution in [0, 0.1) is 17.8 Å². The van der Waals surface area contributed by atoms with Crippen LogP contribution in [0.2, 0.25) is 0 Å². The average Bonchev–Trinajstić information content (AvgIpc) is 3.27. The first-order chi connectivity index (χ1) is 13.2. The number of benzene rings is 1. The second-order valence-corrected chi connectivity index (χ2v) is 9.00. The van der Waals surface area contributed by atoms with Crippen molar-refractivity contribution in [3.8, 4) is 0 Å². The summed E-state index contributed by atoms with van der Waals surface area (Å²) < 4.78 is 0. The van der Waals surface area contributed by atoms with Gasteiger partial charge in [0.05, 0.1) is 0 Å². The lowest BCUT2D eigenvalue weighted by Gasteiger charge is -2.23. The second-order valence-electron chi connectivity index (χ2n) is 9.00. The van der Waals surface area contributed by atoms with Gasteiger partial charge in [-0.2, -0.15) is 0 Å². The van der Waals surface area contributed by atoms with Crippen LogP contribution in [0.4, 0.5) is 0 Å². The molecule has 4 nitrogen and oxygen atoms in total. The van der Waals surface area contributed by atoms with E-state index in [2.05, 4.69) is 57.4 Å². The standard InChI is InChI=1S/C23H36N4/c1-18-12-20(15-26(18)14-19-8-4-3-5-9-19)13-25-23(24-2)27-16-21-10-6-7-11-22(21)17-27/h3-5,8-9,18,20-22H,6-7,10-17H2,1-2H3,(H,24,25). The van der Waals surface area contributed by atoms with Crippen molar-refractivity contribution in [1.29, 1.82) is 0 Å². The van der Waals surface area contributed by atoms with Crippen molar-refractivity contribution in [2.75, 3.05) is 33.2 Å². The van der Waals surface area contributed by atoms with Gasteiger partial charge in [-0.25, -0.2) is 0 Å². The van der Waals surface area contributed by atoms with Gasteiger partial charge < -0.3 is 10.2 Å². The summed E-state index contributed by atoms with van der Waals surface area (Å²) in [6.45, 7) is 8.11. The molecule has 0 amide bonds. The lowest BCUT2D eigenvalue weighted by molar-refractivity contribution is 0.255. The molecule has 0 aromatic heterocycles. The first-order valence-electron chi connectivity index (χ1n) is 11.0. The van der Waals surface area contributed by atoms with Gasteiger partial charge in [-0.05, 0) is 49.5 Å². The van der Waals surface area contributed by atoms with E-state index in [1.165, 1.54) is 57.3 Å². The molecular formula is C23H36N4. The Hall–Kier alpha value is -1.55. The summed E-state index contributed by atoms with van der Waals surface area (Å²) in [6, 6.07) is 11.5. The van der Waals surface area contributed by atoms with E-state index in [4.69, 9.17) is 0 Å². The second kappa shape index (κ2) is 8.64. The number of aliphatic imine (C=N–C) groups is 1. The maximum absolute atomic E-state index is 4.61.